The monoisotopic (exact) mass is 425 g/mol. The largest absolute Gasteiger partial charge is 2.00 e. The molecule has 98 valence electrons. The second kappa shape index (κ2) is 6.33. The molecule has 19 heavy (non-hydrogen) atoms. The summed E-state index contributed by atoms with van der Waals surface area (Å²) in [7, 11) is 0. The summed E-state index contributed by atoms with van der Waals surface area (Å²) in [6, 6.07) is 4.01. The molecule has 3 heterocycles. The Labute approximate surface area is 127 Å². The number of imidazole rings is 1. The molecule has 2 aromatic heterocycles. The van der Waals surface area contributed by atoms with Gasteiger partial charge < -0.3 is 14.9 Å². The van der Waals surface area contributed by atoms with E-state index in [1.807, 2.05) is 18.3 Å². The van der Waals surface area contributed by atoms with Crippen LogP contribution in [0.4, 0.5) is 5.69 Å². The molecule has 0 aliphatic carbocycles. The summed E-state index contributed by atoms with van der Waals surface area (Å²) >= 11 is 0. The Morgan fingerprint density at radius 3 is 2.74 bits per heavy atom. The molecular formula is C14H17N4W+. The standard InChI is InChI=1S/C14H17N4.W/c1-11-10-16-14(17-11)12-4-8-18(9-5-12)13-2-6-15-7-3-13;/h2-3,6,10,12H,4-5,8-9H2,1H3,(H,16,17);/q-1;+2. The molecule has 1 saturated heterocycles. The molecule has 0 amide bonds. The first-order valence-electron chi connectivity index (χ1n) is 6.41. The number of aromatic nitrogens is 3. The number of nitrogens with one attached hydrogen (secondary N) is 1. The van der Waals surface area contributed by atoms with Crippen molar-refractivity contribution < 1.29 is 21.1 Å². The molecule has 1 aliphatic heterocycles. The summed E-state index contributed by atoms with van der Waals surface area (Å²) < 4.78 is 0. The third-order valence-corrected chi connectivity index (χ3v) is 3.58. The number of aryl methyl sites for hydroxylation is 1. The van der Waals surface area contributed by atoms with Gasteiger partial charge in [0.1, 0.15) is 5.82 Å². The van der Waals surface area contributed by atoms with Gasteiger partial charge >= 0.3 is 21.1 Å². The quantitative estimate of drug-likeness (QED) is 0.752. The van der Waals surface area contributed by atoms with Gasteiger partial charge in [-0.3, -0.25) is 0 Å². The second-order valence-corrected chi connectivity index (χ2v) is 4.86. The van der Waals surface area contributed by atoms with Gasteiger partial charge in [0, 0.05) is 30.9 Å². The molecule has 0 saturated carbocycles. The predicted molar refractivity (Wildman–Crippen MR) is 70.6 cm³/mol. The minimum Gasteiger partial charge on any atom is -0.423 e. The first kappa shape index (κ1) is 14.3. The number of hydrogen-bond donors (Lipinski definition) is 1. The third kappa shape index (κ3) is 3.24. The average Bonchev–Trinajstić information content (AvgIpc) is 2.87. The topological polar surface area (TPSA) is 44.8 Å². The van der Waals surface area contributed by atoms with Crippen molar-refractivity contribution in [1.29, 1.82) is 0 Å². The van der Waals surface area contributed by atoms with Crippen LogP contribution >= 0.6 is 0 Å². The van der Waals surface area contributed by atoms with Crippen LogP contribution in [0.5, 0.6) is 0 Å². The molecule has 2 aromatic rings. The molecule has 1 aliphatic rings. The molecule has 0 unspecified atom stereocenters. The first-order chi connectivity index (χ1) is 8.83. The summed E-state index contributed by atoms with van der Waals surface area (Å²) in [5, 5.41) is 0. The smallest absolute Gasteiger partial charge is 0.423 e. The molecule has 4 nitrogen and oxygen atoms in total. The van der Waals surface area contributed by atoms with E-state index in [0.29, 0.717) is 5.92 Å². The molecule has 3 rings (SSSR count). The summed E-state index contributed by atoms with van der Waals surface area (Å²) in [5.74, 6) is 1.72. The van der Waals surface area contributed by atoms with Gasteiger partial charge in [-0.05, 0) is 19.8 Å². The summed E-state index contributed by atoms with van der Waals surface area (Å²) in [6.07, 6.45) is 8.91. The van der Waals surface area contributed by atoms with Crippen LogP contribution in [-0.4, -0.2) is 28.0 Å². The number of pyridine rings is 1. The molecular weight excluding hydrogens is 408 g/mol. The van der Waals surface area contributed by atoms with Gasteiger partial charge in [-0.1, -0.05) is 18.1 Å². The Morgan fingerprint density at radius 2 is 2.16 bits per heavy atom. The van der Waals surface area contributed by atoms with Crippen molar-refractivity contribution in [3.8, 4) is 0 Å². The predicted octanol–water partition coefficient (Wildman–Crippen LogP) is 2.29. The van der Waals surface area contributed by atoms with Crippen molar-refractivity contribution in [1.82, 2.24) is 15.0 Å². The van der Waals surface area contributed by atoms with Crippen LogP contribution in [0.2, 0.25) is 0 Å². The Hall–Kier alpha value is -1.15. The molecule has 1 fully saturated rings. The number of H-pyrrole nitrogens is 1. The minimum atomic E-state index is 0. The summed E-state index contributed by atoms with van der Waals surface area (Å²) in [4.78, 5) is 14.1. The fraction of sp³-hybridized carbons (Fsp3) is 0.429. The van der Waals surface area contributed by atoms with Gasteiger partial charge in [0.15, 0.2) is 0 Å². The number of piperidine rings is 1. The Morgan fingerprint density at radius 1 is 1.37 bits per heavy atom. The molecule has 0 spiro atoms. The zero-order valence-electron chi connectivity index (χ0n) is 11.0. The van der Waals surface area contributed by atoms with Crippen molar-refractivity contribution in [2.75, 3.05) is 18.0 Å². The number of hydrogen-bond acceptors (Lipinski definition) is 3. The van der Waals surface area contributed by atoms with Crippen LogP contribution in [0.25, 0.3) is 0 Å². The van der Waals surface area contributed by atoms with Crippen LogP contribution in [0.15, 0.2) is 24.5 Å². The zero-order chi connectivity index (χ0) is 12.4. The van der Waals surface area contributed by atoms with Crippen molar-refractivity contribution in [3.63, 3.8) is 0 Å². The van der Waals surface area contributed by atoms with Crippen molar-refractivity contribution in [2.45, 2.75) is 25.7 Å². The maximum Gasteiger partial charge on any atom is 2.00 e. The van der Waals surface area contributed by atoms with Crippen molar-refractivity contribution in [3.05, 3.63) is 42.2 Å². The van der Waals surface area contributed by atoms with Crippen LogP contribution in [-0.2, 0) is 21.1 Å². The Balaban J connectivity index is 0.00000133. The fourth-order valence-corrected chi connectivity index (χ4v) is 2.56. The van der Waals surface area contributed by atoms with Gasteiger partial charge in [-0.2, -0.15) is 0 Å². The SMILES string of the molecule is Cc1cnc(C2CCN(c3c[c-]ncc3)CC2)[nH]1.[W+2]. The first-order valence-corrected chi connectivity index (χ1v) is 6.41. The van der Waals surface area contributed by atoms with E-state index in [2.05, 4.69) is 33.0 Å². The van der Waals surface area contributed by atoms with E-state index in [1.54, 1.807) is 6.20 Å². The van der Waals surface area contributed by atoms with Gasteiger partial charge in [-0.15, -0.1) is 12.1 Å². The number of aromatic amines is 1. The maximum absolute atomic E-state index is 4.45. The van der Waals surface area contributed by atoms with Crippen molar-refractivity contribution >= 4 is 5.69 Å². The van der Waals surface area contributed by atoms with Crippen LogP contribution in [0, 0.1) is 13.1 Å². The molecule has 0 atom stereocenters. The fourth-order valence-electron chi connectivity index (χ4n) is 2.56. The van der Waals surface area contributed by atoms with E-state index < -0.39 is 0 Å². The van der Waals surface area contributed by atoms with E-state index >= 15 is 0 Å². The van der Waals surface area contributed by atoms with Gasteiger partial charge in [-0.25, -0.2) is 4.98 Å². The third-order valence-electron chi connectivity index (χ3n) is 3.58. The maximum atomic E-state index is 4.45. The normalized spacial score (nSPS) is 16.2. The molecule has 5 heteroatoms. The van der Waals surface area contributed by atoms with E-state index in [0.717, 1.165) is 37.4 Å². The molecule has 0 aromatic carbocycles. The second-order valence-electron chi connectivity index (χ2n) is 4.86. The van der Waals surface area contributed by atoms with E-state index in [1.165, 1.54) is 5.69 Å². The van der Waals surface area contributed by atoms with Gasteiger partial charge in [0.05, 0.1) is 0 Å². The van der Waals surface area contributed by atoms with Gasteiger partial charge in [0.2, 0.25) is 0 Å². The van der Waals surface area contributed by atoms with Crippen LogP contribution in [0.1, 0.15) is 30.3 Å². The van der Waals surface area contributed by atoms with Crippen LogP contribution in [0.3, 0.4) is 0 Å². The minimum absolute atomic E-state index is 0. The number of anilines is 1. The molecule has 1 N–H and O–H groups in total. The van der Waals surface area contributed by atoms with Crippen LogP contribution < -0.4 is 4.90 Å². The summed E-state index contributed by atoms with van der Waals surface area (Å²) in [5.41, 5.74) is 2.37. The van der Waals surface area contributed by atoms with E-state index in [9.17, 15) is 0 Å². The van der Waals surface area contributed by atoms with Gasteiger partial charge in [0.25, 0.3) is 0 Å². The average molecular weight is 425 g/mol. The van der Waals surface area contributed by atoms with E-state index in [4.69, 9.17) is 0 Å². The molecule has 0 radical (unpaired) electrons. The number of nitrogens with zero attached hydrogens (tertiary/aromatic N) is 3. The summed E-state index contributed by atoms with van der Waals surface area (Å²) in [6.45, 7) is 4.20. The van der Waals surface area contributed by atoms with Crippen molar-refractivity contribution in [2.24, 2.45) is 0 Å². The zero-order valence-corrected chi connectivity index (χ0v) is 13.9. The van der Waals surface area contributed by atoms with E-state index in [-0.39, 0.29) is 21.1 Å². The Kier molecular flexibility index (Phi) is 4.75. The Bertz CT molecular complexity index is 503. The number of rotatable bonds is 2. The molecule has 0 bridgehead atoms.